The van der Waals surface area contributed by atoms with E-state index in [9.17, 15) is 8.42 Å². The van der Waals surface area contributed by atoms with E-state index >= 15 is 0 Å². The summed E-state index contributed by atoms with van der Waals surface area (Å²) < 4.78 is 28.7. The molecular formula is C13H20N4O2S. The molecule has 2 fully saturated rings. The predicted molar refractivity (Wildman–Crippen MR) is 76.2 cm³/mol. The normalized spacial score (nSPS) is 21.2. The Morgan fingerprint density at radius 3 is 2.65 bits per heavy atom. The van der Waals surface area contributed by atoms with Crippen molar-refractivity contribution < 1.29 is 8.42 Å². The lowest BCUT2D eigenvalue weighted by Crippen LogP contribution is -2.52. The smallest absolute Gasteiger partial charge is 0.282 e. The van der Waals surface area contributed by atoms with Crippen LogP contribution in [0.4, 0.5) is 0 Å². The van der Waals surface area contributed by atoms with Crippen molar-refractivity contribution in [3.05, 3.63) is 30.1 Å². The van der Waals surface area contributed by atoms with Gasteiger partial charge < -0.3 is 5.32 Å². The molecule has 6 nitrogen and oxygen atoms in total. The fourth-order valence-corrected chi connectivity index (χ4v) is 4.26. The van der Waals surface area contributed by atoms with Crippen molar-refractivity contribution in [2.45, 2.75) is 25.4 Å². The molecule has 0 atom stereocenters. The van der Waals surface area contributed by atoms with Gasteiger partial charge in [-0.25, -0.2) is 0 Å². The van der Waals surface area contributed by atoms with Crippen molar-refractivity contribution >= 4 is 10.2 Å². The fraction of sp³-hybridized carbons (Fsp3) is 0.615. The molecule has 110 valence electrons. The Labute approximate surface area is 120 Å². The highest BCUT2D eigenvalue weighted by Gasteiger charge is 2.40. The van der Waals surface area contributed by atoms with E-state index in [1.165, 1.54) is 0 Å². The van der Waals surface area contributed by atoms with Gasteiger partial charge in [0.25, 0.3) is 10.2 Å². The van der Waals surface area contributed by atoms with Gasteiger partial charge in [-0.15, -0.1) is 0 Å². The Morgan fingerprint density at radius 1 is 1.30 bits per heavy atom. The van der Waals surface area contributed by atoms with Crippen molar-refractivity contribution in [1.82, 2.24) is 18.9 Å². The van der Waals surface area contributed by atoms with Crippen molar-refractivity contribution in [3.63, 3.8) is 0 Å². The van der Waals surface area contributed by atoms with Gasteiger partial charge in [0, 0.05) is 38.4 Å². The molecule has 1 aromatic heterocycles. The van der Waals surface area contributed by atoms with Gasteiger partial charge >= 0.3 is 0 Å². The standard InChI is InChI=1S/C13H20N4O2S/c18-20(19,16-9-7-14-8-10-16)17(13-4-5-13)11-12-3-1-2-6-15-12/h1-3,6,13-14H,4-5,7-11H2. The minimum atomic E-state index is -3.37. The molecule has 2 aliphatic rings. The number of piperazine rings is 1. The van der Waals surface area contributed by atoms with Crippen LogP contribution in [0.3, 0.4) is 0 Å². The van der Waals surface area contributed by atoms with Crippen LogP contribution >= 0.6 is 0 Å². The first-order valence-corrected chi connectivity index (χ1v) is 8.45. The summed E-state index contributed by atoms with van der Waals surface area (Å²) in [6.45, 7) is 2.92. The molecule has 0 spiro atoms. The van der Waals surface area contributed by atoms with Gasteiger partial charge in [-0.3, -0.25) is 4.98 Å². The molecule has 1 saturated carbocycles. The molecule has 1 aliphatic heterocycles. The van der Waals surface area contributed by atoms with Gasteiger partial charge in [-0.05, 0) is 25.0 Å². The molecule has 2 heterocycles. The monoisotopic (exact) mass is 296 g/mol. The van der Waals surface area contributed by atoms with Gasteiger partial charge in [0.15, 0.2) is 0 Å². The molecular weight excluding hydrogens is 276 g/mol. The van der Waals surface area contributed by atoms with Crippen molar-refractivity contribution in [2.75, 3.05) is 26.2 Å². The Hall–Kier alpha value is -1.02. The van der Waals surface area contributed by atoms with Gasteiger partial charge in [-0.1, -0.05) is 6.07 Å². The summed E-state index contributed by atoms with van der Waals surface area (Å²) in [5.74, 6) is 0. The molecule has 0 bridgehead atoms. The molecule has 1 saturated heterocycles. The van der Waals surface area contributed by atoms with E-state index in [-0.39, 0.29) is 6.04 Å². The third kappa shape index (κ3) is 3.01. The van der Waals surface area contributed by atoms with Crippen LogP contribution in [0.2, 0.25) is 0 Å². The van der Waals surface area contributed by atoms with Crippen molar-refractivity contribution in [3.8, 4) is 0 Å². The Morgan fingerprint density at radius 2 is 2.05 bits per heavy atom. The van der Waals surface area contributed by atoms with E-state index < -0.39 is 10.2 Å². The van der Waals surface area contributed by atoms with Crippen LogP contribution in [-0.2, 0) is 16.8 Å². The number of pyridine rings is 1. The Balaban J connectivity index is 1.79. The first-order valence-electron chi connectivity index (χ1n) is 7.05. The second kappa shape index (κ2) is 5.77. The van der Waals surface area contributed by atoms with E-state index in [1.54, 1.807) is 14.8 Å². The van der Waals surface area contributed by atoms with E-state index in [0.29, 0.717) is 19.6 Å². The molecule has 0 radical (unpaired) electrons. The molecule has 3 rings (SSSR count). The minimum Gasteiger partial charge on any atom is -0.314 e. The van der Waals surface area contributed by atoms with E-state index in [1.807, 2.05) is 18.2 Å². The quantitative estimate of drug-likeness (QED) is 0.843. The van der Waals surface area contributed by atoms with Crippen molar-refractivity contribution in [2.24, 2.45) is 0 Å². The van der Waals surface area contributed by atoms with Crippen LogP contribution in [0.1, 0.15) is 18.5 Å². The zero-order valence-electron chi connectivity index (χ0n) is 11.4. The molecule has 7 heteroatoms. The maximum Gasteiger partial charge on any atom is 0.282 e. The summed E-state index contributed by atoms with van der Waals surface area (Å²) in [6.07, 6.45) is 3.62. The number of hydrogen-bond acceptors (Lipinski definition) is 4. The number of rotatable bonds is 5. The molecule has 1 aromatic rings. The van der Waals surface area contributed by atoms with Crippen LogP contribution in [0.25, 0.3) is 0 Å². The lowest BCUT2D eigenvalue weighted by Gasteiger charge is -2.32. The number of aromatic nitrogens is 1. The molecule has 20 heavy (non-hydrogen) atoms. The lowest BCUT2D eigenvalue weighted by atomic mass is 10.3. The zero-order chi connectivity index (χ0) is 14.0. The number of nitrogens with one attached hydrogen (secondary N) is 1. The average Bonchev–Trinajstić information content (AvgIpc) is 3.31. The van der Waals surface area contributed by atoms with Gasteiger partial charge in [0.05, 0.1) is 12.2 Å². The molecule has 1 aliphatic carbocycles. The second-order valence-corrected chi connectivity index (χ2v) is 7.14. The average molecular weight is 296 g/mol. The third-order valence-corrected chi connectivity index (χ3v) is 5.73. The minimum absolute atomic E-state index is 0.150. The SMILES string of the molecule is O=S(=O)(N1CCNCC1)N(Cc1ccccn1)C1CC1. The van der Waals surface area contributed by atoms with E-state index in [2.05, 4.69) is 10.3 Å². The zero-order valence-corrected chi connectivity index (χ0v) is 12.2. The summed E-state index contributed by atoms with van der Waals surface area (Å²) in [5, 5.41) is 3.18. The number of hydrogen-bond donors (Lipinski definition) is 1. The fourth-order valence-electron chi connectivity index (χ4n) is 2.44. The molecule has 0 aromatic carbocycles. The summed E-state index contributed by atoms with van der Waals surface area (Å²) in [6, 6.07) is 5.76. The van der Waals surface area contributed by atoms with Gasteiger partial charge in [0.1, 0.15) is 0 Å². The lowest BCUT2D eigenvalue weighted by molar-refractivity contribution is 0.302. The van der Waals surface area contributed by atoms with E-state index in [4.69, 9.17) is 0 Å². The maximum atomic E-state index is 12.8. The Kier molecular flexibility index (Phi) is 4.02. The van der Waals surface area contributed by atoms with Gasteiger partial charge in [-0.2, -0.15) is 17.0 Å². The molecule has 1 N–H and O–H groups in total. The predicted octanol–water partition coefficient (Wildman–Crippen LogP) is 0.196. The van der Waals surface area contributed by atoms with E-state index in [0.717, 1.165) is 31.6 Å². The van der Waals surface area contributed by atoms with Gasteiger partial charge in [0.2, 0.25) is 0 Å². The molecule has 0 unspecified atom stereocenters. The topological polar surface area (TPSA) is 65.5 Å². The molecule has 0 amide bonds. The summed E-state index contributed by atoms with van der Waals surface area (Å²) in [7, 11) is -3.37. The number of nitrogens with zero attached hydrogens (tertiary/aromatic N) is 3. The second-order valence-electron chi connectivity index (χ2n) is 5.25. The summed E-state index contributed by atoms with van der Waals surface area (Å²) in [5.41, 5.74) is 0.804. The Bertz CT molecular complexity index is 539. The first kappa shape index (κ1) is 13.9. The summed E-state index contributed by atoms with van der Waals surface area (Å²) in [4.78, 5) is 4.25. The highest BCUT2D eigenvalue weighted by Crippen LogP contribution is 2.31. The van der Waals surface area contributed by atoms with Crippen LogP contribution in [0.15, 0.2) is 24.4 Å². The van der Waals surface area contributed by atoms with Crippen LogP contribution in [0.5, 0.6) is 0 Å². The largest absolute Gasteiger partial charge is 0.314 e. The third-order valence-electron chi connectivity index (χ3n) is 3.70. The van der Waals surface area contributed by atoms with Crippen molar-refractivity contribution in [1.29, 1.82) is 0 Å². The van der Waals surface area contributed by atoms with Crippen LogP contribution < -0.4 is 5.32 Å². The highest BCUT2D eigenvalue weighted by atomic mass is 32.2. The maximum absolute atomic E-state index is 12.8. The highest BCUT2D eigenvalue weighted by molar-refractivity contribution is 7.86. The first-order chi connectivity index (χ1) is 9.68. The van der Waals surface area contributed by atoms with Crippen LogP contribution in [0, 0.1) is 0 Å². The van der Waals surface area contributed by atoms with Crippen LogP contribution in [-0.4, -0.2) is 54.2 Å². The summed E-state index contributed by atoms with van der Waals surface area (Å²) >= 11 is 0.